The van der Waals surface area contributed by atoms with E-state index in [-0.39, 0.29) is 24.0 Å². The van der Waals surface area contributed by atoms with Gasteiger partial charge in [-0.3, -0.25) is 4.79 Å². The van der Waals surface area contributed by atoms with Gasteiger partial charge in [-0.15, -0.1) is 5.10 Å². The van der Waals surface area contributed by atoms with Crippen LogP contribution in [0.1, 0.15) is 22.0 Å². The summed E-state index contributed by atoms with van der Waals surface area (Å²) in [5.41, 5.74) is 1.50. The Kier molecular flexibility index (Phi) is 5.89. The predicted octanol–water partition coefficient (Wildman–Crippen LogP) is 4.10. The molecule has 0 bridgehead atoms. The van der Waals surface area contributed by atoms with Crippen molar-refractivity contribution in [1.29, 1.82) is 0 Å². The third-order valence-corrected chi connectivity index (χ3v) is 4.20. The van der Waals surface area contributed by atoms with Crippen molar-refractivity contribution in [1.82, 2.24) is 19.7 Å². The molecule has 9 heteroatoms. The van der Waals surface area contributed by atoms with E-state index in [1.807, 2.05) is 0 Å². The van der Waals surface area contributed by atoms with Crippen LogP contribution >= 0.6 is 11.6 Å². The van der Waals surface area contributed by atoms with Gasteiger partial charge in [-0.05, 0) is 48.9 Å². The van der Waals surface area contributed by atoms with Gasteiger partial charge in [-0.25, -0.2) is 9.67 Å². The Morgan fingerprint density at radius 3 is 2.43 bits per heavy atom. The molecule has 0 unspecified atom stereocenters. The highest BCUT2D eigenvalue weighted by Gasteiger charge is 2.19. The van der Waals surface area contributed by atoms with E-state index in [1.165, 1.54) is 17.0 Å². The molecule has 0 radical (unpaired) electrons. The molecule has 1 heterocycles. The maximum Gasteiger partial charge on any atom is 0.387 e. The highest BCUT2D eigenvalue weighted by molar-refractivity contribution is 6.30. The van der Waals surface area contributed by atoms with Crippen LogP contribution in [0.4, 0.5) is 8.78 Å². The number of aromatic nitrogens is 3. The number of alkyl halides is 2. The molecule has 0 aliphatic rings. The van der Waals surface area contributed by atoms with Crippen LogP contribution in [0.5, 0.6) is 5.75 Å². The van der Waals surface area contributed by atoms with Crippen LogP contribution < -0.4 is 4.74 Å². The predicted molar refractivity (Wildman–Crippen MR) is 100.0 cm³/mol. The maximum absolute atomic E-state index is 12.7. The smallest absolute Gasteiger partial charge is 0.387 e. The number of carbonyl (C=O) groups is 1. The van der Waals surface area contributed by atoms with Gasteiger partial charge in [0.25, 0.3) is 5.91 Å². The molecule has 0 N–H and O–H groups in total. The van der Waals surface area contributed by atoms with Crippen molar-refractivity contribution in [2.45, 2.75) is 20.1 Å². The Morgan fingerprint density at radius 2 is 1.82 bits per heavy atom. The standard InChI is InChI=1S/C19H17ClF2N4O2/c1-12-23-17(24-26(12)15-7-5-14(20)6-8-15)18(27)25(2)11-13-3-9-16(10-4-13)28-19(21)22/h3-10,19H,11H2,1-2H3. The van der Waals surface area contributed by atoms with E-state index in [4.69, 9.17) is 11.6 Å². The van der Waals surface area contributed by atoms with Gasteiger partial charge in [0.05, 0.1) is 5.69 Å². The van der Waals surface area contributed by atoms with E-state index in [2.05, 4.69) is 14.8 Å². The van der Waals surface area contributed by atoms with Crippen molar-refractivity contribution in [2.75, 3.05) is 7.05 Å². The normalized spacial score (nSPS) is 10.9. The number of benzene rings is 2. The second-order valence-electron chi connectivity index (χ2n) is 6.05. The summed E-state index contributed by atoms with van der Waals surface area (Å²) in [4.78, 5) is 18.3. The number of halogens is 3. The second-order valence-corrected chi connectivity index (χ2v) is 6.49. The molecule has 0 atom stereocenters. The van der Waals surface area contributed by atoms with Crippen molar-refractivity contribution in [2.24, 2.45) is 0 Å². The summed E-state index contributed by atoms with van der Waals surface area (Å²) in [6, 6.07) is 13.1. The zero-order chi connectivity index (χ0) is 20.3. The van der Waals surface area contributed by atoms with Crippen LogP contribution in [0.3, 0.4) is 0 Å². The number of aryl methyl sites for hydroxylation is 1. The van der Waals surface area contributed by atoms with Crippen LogP contribution in [0.2, 0.25) is 5.02 Å². The zero-order valence-electron chi connectivity index (χ0n) is 15.1. The van der Waals surface area contributed by atoms with Crippen LogP contribution in [-0.2, 0) is 6.54 Å². The summed E-state index contributed by atoms with van der Waals surface area (Å²) in [5, 5.41) is 4.89. The minimum absolute atomic E-state index is 0.0618. The fourth-order valence-electron chi connectivity index (χ4n) is 2.60. The molecule has 0 aliphatic heterocycles. The third kappa shape index (κ3) is 4.64. The Bertz CT molecular complexity index is 959. The summed E-state index contributed by atoms with van der Waals surface area (Å²) in [5.74, 6) is 0.329. The Balaban J connectivity index is 1.71. The summed E-state index contributed by atoms with van der Waals surface area (Å²) in [7, 11) is 1.62. The first kappa shape index (κ1) is 19.8. The molecule has 3 rings (SSSR count). The number of hydrogen-bond acceptors (Lipinski definition) is 4. The molecule has 3 aromatic rings. The number of amides is 1. The molecular formula is C19H17ClF2N4O2. The highest BCUT2D eigenvalue weighted by Crippen LogP contribution is 2.17. The monoisotopic (exact) mass is 406 g/mol. The van der Waals surface area contributed by atoms with Crippen molar-refractivity contribution >= 4 is 17.5 Å². The van der Waals surface area contributed by atoms with Crippen molar-refractivity contribution in [3.8, 4) is 11.4 Å². The van der Waals surface area contributed by atoms with E-state index < -0.39 is 6.61 Å². The molecule has 0 saturated carbocycles. The molecule has 1 aromatic heterocycles. The summed E-state index contributed by atoms with van der Waals surface area (Å²) in [6.45, 7) is -0.859. The maximum atomic E-state index is 12.7. The average Bonchev–Trinajstić information content (AvgIpc) is 3.04. The van der Waals surface area contributed by atoms with Gasteiger partial charge in [0.15, 0.2) is 0 Å². The quantitative estimate of drug-likeness (QED) is 0.618. The number of ether oxygens (including phenoxy) is 1. The Morgan fingerprint density at radius 1 is 1.18 bits per heavy atom. The highest BCUT2D eigenvalue weighted by atomic mass is 35.5. The lowest BCUT2D eigenvalue weighted by Crippen LogP contribution is -2.27. The molecule has 0 saturated heterocycles. The van der Waals surface area contributed by atoms with Gasteiger partial charge in [0.1, 0.15) is 11.6 Å². The molecule has 6 nitrogen and oxygen atoms in total. The first-order valence-electron chi connectivity index (χ1n) is 8.32. The van der Waals surface area contributed by atoms with Crippen LogP contribution in [0, 0.1) is 6.92 Å². The van der Waals surface area contributed by atoms with Crippen molar-refractivity contribution in [3.63, 3.8) is 0 Å². The Hall–Kier alpha value is -3.00. The van der Waals surface area contributed by atoms with E-state index in [0.29, 0.717) is 10.8 Å². The molecule has 2 aromatic carbocycles. The molecule has 0 aliphatic carbocycles. The van der Waals surface area contributed by atoms with Crippen LogP contribution in [0.15, 0.2) is 48.5 Å². The lowest BCUT2D eigenvalue weighted by Gasteiger charge is -2.15. The van der Waals surface area contributed by atoms with E-state index in [0.717, 1.165) is 11.3 Å². The minimum atomic E-state index is -2.87. The lowest BCUT2D eigenvalue weighted by molar-refractivity contribution is -0.0498. The van der Waals surface area contributed by atoms with Gasteiger partial charge < -0.3 is 9.64 Å². The fourth-order valence-corrected chi connectivity index (χ4v) is 2.73. The number of nitrogens with zero attached hydrogens (tertiary/aromatic N) is 4. The number of hydrogen-bond donors (Lipinski definition) is 0. The van der Waals surface area contributed by atoms with E-state index in [1.54, 1.807) is 55.1 Å². The second kappa shape index (κ2) is 8.35. The van der Waals surface area contributed by atoms with Crippen LogP contribution in [-0.4, -0.2) is 39.2 Å². The topological polar surface area (TPSA) is 60.3 Å². The molecule has 0 fully saturated rings. The zero-order valence-corrected chi connectivity index (χ0v) is 15.9. The first-order valence-corrected chi connectivity index (χ1v) is 8.70. The number of rotatable bonds is 6. The van der Waals surface area contributed by atoms with Gasteiger partial charge >= 0.3 is 6.61 Å². The first-order chi connectivity index (χ1) is 13.3. The van der Waals surface area contributed by atoms with Crippen LogP contribution in [0.25, 0.3) is 5.69 Å². The summed E-state index contributed by atoms with van der Waals surface area (Å²) >= 11 is 5.90. The summed E-state index contributed by atoms with van der Waals surface area (Å²) in [6.07, 6.45) is 0. The van der Waals surface area contributed by atoms with Gasteiger partial charge in [-0.2, -0.15) is 8.78 Å². The third-order valence-electron chi connectivity index (χ3n) is 3.95. The molecular weight excluding hydrogens is 390 g/mol. The lowest BCUT2D eigenvalue weighted by atomic mass is 10.2. The van der Waals surface area contributed by atoms with Gasteiger partial charge in [0.2, 0.25) is 5.82 Å². The molecule has 146 valence electrons. The average molecular weight is 407 g/mol. The minimum Gasteiger partial charge on any atom is -0.435 e. The fraction of sp³-hybridized carbons (Fsp3) is 0.211. The van der Waals surface area contributed by atoms with Gasteiger partial charge in [0, 0.05) is 18.6 Å². The van der Waals surface area contributed by atoms with E-state index >= 15 is 0 Å². The van der Waals surface area contributed by atoms with Crippen molar-refractivity contribution in [3.05, 3.63) is 70.8 Å². The van der Waals surface area contributed by atoms with E-state index in [9.17, 15) is 13.6 Å². The molecule has 28 heavy (non-hydrogen) atoms. The summed E-state index contributed by atoms with van der Waals surface area (Å²) < 4.78 is 30.3. The Labute approximate surface area is 165 Å². The van der Waals surface area contributed by atoms with Gasteiger partial charge in [-0.1, -0.05) is 23.7 Å². The number of carbonyl (C=O) groups excluding carboxylic acids is 1. The van der Waals surface area contributed by atoms with Crippen molar-refractivity contribution < 1.29 is 18.3 Å². The largest absolute Gasteiger partial charge is 0.435 e. The molecule has 1 amide bonds. The SMILES string of the molecule is Cc1nc(C(=O)N(C)Cc2ccc(OC(F)F)cc2)nn1-c1ccc(Cl)cc1. The molecule has 0 spiro atoms.